The lowest BCUT2D eigenvalue weighted by atomic mass is 10.1. The van der Waals surface area contributed by atoms with Gasteiger partial charge in [0.05, 0.1) is 17.7 Å². The van der Waals surface area contributed by atoms with E-state index in [2.05, 4.69) is 10.5 Å². The van der Waals surface area contributed by atoms with Crippen LogP contribution in [0.4, 0.5) is 0 Å². The van der Waals surface area contributed by atoms with Gasteiger partial charge in [0.25, 0.3) is 0 Å². The quantitative estimate of drug-likeness (QED) is 0.660. The van der Waals surface area contributed by atoms with E-state index in [1.54, 1.807) is 0 Å². The van der Waals surface area contributed by atoms with Crippen molar-refractivity contribution in [1.82, 2.24) is 5.43 Å². The molecule has 2 aromatic carbocycles. The molecule has 0 radical (unpaired) electrons. The molecule has 114 valence electrons. The Kier molecular flexibility index (Phi) is 5.41. The number of nitrogens with zero attached hydrogens (tertiary/aromatic N) is 1. The second kappa shape index (κ2) is 7.29. The van der Waals surface area contributed by atoms with E-state index >= 15 is 0 Å². The zero-order valence-corrected chi connectivity index (χ0v) is 13.3. The molecule has 0 aliphatic rings. The highest BCUT2D eigenvalue weighted by atomic mass is 35.5. The number of carbonyl (C=O) groups excluding carboxylic acids is 1. The average molecular weight is 337 g/mol. The van der Waals surface area contributed by atoms with Gasteiger partial charge in [0.15, 0.2) is 0 Å². The summed E-state index contributed by atoms with van der Waals surface area (Å²) in [7, 11) is 0. The number of nitrogens with one attached hydrogen (secondary N) is 1. The first-order valence-corrected chi connectivity index (χ1v) is 7.27. The molecular formula is C16H14Cl2N2O2. The maximum absolute atomic E-state index is 11.8. The van der Waals surface area contributed by atoms with Crippen molar-refractivity contribution < 1.29 is 9.90 Å². The maximum Gasteiger partial charge on any atom is 0.244 e. The molecule has 2 aromatic rings. The smallest absolute Gasteiger partial charge is 0.244 e. The van der Waals surface area contributed by atoms with Crippen LogP contribution in [0.3, 0.4) is 0 Å². The molecule has 6 heteroatoms. The summed E-state index contributed by atoms with van der Waals surface area (Å²) in [5.74, 6) is -0.393. The number of amides is 1. The van der Waals surface area contributed by atoms with Crippen LogP contribution in [0.2, 0.25) is 10.0 Å². The summed E-state index contributed by atoms with van der Waals surface area (Å²) in [6.45, 7) is 1.98. The molecule has 0 fully saturated rings. The number of phenols is 1. The van der Waals surface area contributed by atoms with Gasteiger partial charge < -0.3 is 5.11 Å². The number of carbonyl (C=O) groups is 1. The number of aryl methyl sites for hydroxylation is 1. The van der Waals surface area contributed by atoms with Crippen LogP contribution >= 0.6 is 23.2 Å². The molecular weight excluding hydrogens is 323 g/mol. The monoisotopic (exact) mass is 336 g/mol. The van der Waals surface area contributed by atoms with E-state index in [1.165, 1.54) is 18.3 Å². The van der Waals surface area contributed by atoms with Gasteiger partial charge in [0.2, 0.25) is 5.91 Å². The first-order valence-electron chi connectivity index (χ1n) is 6.51. The van der Waals surface area contributed by atoms with Gasteiger partial charge >= 0.3 is 0 Å². The molecule has 0 heterocycles. The lowest BCUT2D eigenvalue weighted by molar-refractivity contribution is -0.120. The highest BCUT2D eigenvalue weighted by Crippen LogP contribution is 2.29. The topological polar surface area (TPSA) is 61.7 Å². The first-order chi connectivity index (χ1) is 10.5. The molecule has 1 amide bonds. The van der Waals surface area contributed by atoms with Gasteiger partial charge in [-0.05, 0) is 24.6 Å². The third-order valence-electron chi connectivity index (χ3n) is 2.94. The summed E-state index contributed by atoms with van der Waals surface area (Å²) in [6, 6.07) is 10.6. The van der Waals surface area contributed by atoms with E-state index in [0.717, 1.165) is 11.1 Å². The molecule has 0 atom stereocenters. The molecule has 22 heavy (non-hydrogen) atoms. The van der Waals surface area contributed by atoms with Crippen LogP contribution in [0.25, 0.3) is 0 Å². The van der Waals surface area contributed by atoms with Crippen molar-refractivity contribution in [3.8, 4) is 5.75 Å². The Morgan fingerprint density at radius 2 is 1.95 bits per heavy atom. The Bertz CT molecular complexity index is 713. The summed E-state index contributed by atoms with van der Waals surface area (Å²) in [5, 5.41) is 14.0. The number of rotatable bonds is 4. The number of hydrogen-bond acceptors (Lipinski definition) is 3. The molecule has 0 saturated carbocycles. The number of benzene rings is 2. The summed E-state index contributed by atoms with van der Waals surface area (Å²) in [4.78, 5) is 11.8. The molecule has 4 nitrogen and oxygen atoms in total. The summed E-state index contributed by atoms with van der Waals surface area (Å²) < 4.78 is 0. The Balaban J connectivity index is 1.97. The van der Waals surface area contributed by atoms with Gasteiger partial charge in [0, 0.05) is 10.6 Å². The highest BCUT2D eigenvalue weighted by molar-refractivity contribution is 6.36. The fourth-order valence-electron chi connectivity index (χ4n) is 1.79. The molecule has 0 aromatic heterocycles. The third kappa shape index (κ3) is 4.48. The average Bonchev–Trinajstić information content (AvgIpc) is 2.46. The summed E-state index contributed by atoms with van der Waals surface area (Å²) in [6.07, 6.45) is 1.51. The number of hydrazone groups is 1. The molecule has 0 saturated heterocycles. The van der Waals surface area contributed by atoms with Gasteiger partial charge in [-0.25, -0.2) is 5.43 Å². The van der Waals surface area contributed by atoms with Gasteiger partial charge in [-0.2, -0.15) is 5.10 Å². The van der Waals surface area contributed by atoms with Crippen molar-refractivity contribution in [3.63, 3.8) is 0 Å². The molecule has 0 spiro atoms. The second-order valence-corrected chi connectivity index (χ2v) is 5.62. The Morgan fingerprint density at radius 1 is 1.27 bits per heavy atom. The number of aromatic hydroxyl groups is 1. The van der Waals surface area contributed by atoms with Crippen LogP contribution in [0, 0.1) is 6.92 Å². The normalized spacial score (nSPS) is 10.9. The Morgan fingerprint density at radius 3 is 2.64 bits per heavy atom. The Labute approximate surface area is 138 Å². The Hall–Kier alpha value is -2.04. The predicted octanol–water partition coefficient (Wildman–Crippen LogP) is 3.70. The van der Waals surface area contributed by atoms with Crippen molar-refractivity contribution >= 4 is 35.3 Å². The van der Waals surface area contributed by atoms with Gasteiger partial charge in [-0.15, -0.1) is 0 Å². The van der Waals surface area contributed by atoms with Gasteiger partial charge in [-0.3, -0.25) is 4.79 Å². The number of phenolic OH excluding ortho intramolecular Hbond substituents is 1. The number of hydrogen-bond donors (Lipinski definition) is 2. The van der Waals surface area contributed by atoms with E-state index in [0.29, 0.717) is 10.6 Å². The molecule has 2 N–H and O–H groups in total. The first kappa shape index (κ1) is 16.3. The van der Waals surface area contributed by atoms with E-state index in [9.17, 15) is 9.90 Å². The maximum atomic E-state index is 11.8. The molecule has 0 aliphatic heterocycles. The van der Waals surface area contributed by atoms with E-state index in [1.807, 2.05) is 31.2 Å². The molecule has 0 unspecified atom stereocenters. The van der Waals surface area contributed by atoms with Crippen molar-refractivity contribution in [2.45, 2.75) is 13.3 Å². The molecule has 0 bridgehead atoms. The van der Waals surface area contributed by atoms with Crippen molar-refractivity contribution in [3.05, 3.63) is 63.1 Å². The van der Waals surface area contributed by atoms with Crippen LogP contribution in [-0.4, -0.2) is 17.2 Å². The van der Waals surface area contributed by atoms with Crippen molar-refractivity contribution in [2.75, 3.05) is 0 Å². The highest BCUT2D eigenvalue weighted by Gasteiger charge is 2.06. The van der Waals surface area contributed by atoms with Crippen LogP contribution in [0.1, 0.15) is 16.7 Å². The van der Waals surface area contributed by atoms with E-state index in [-0.39, 0.29) is 23.1 Å². The second-order valence-electron chi connectivity index (χ2n) is 4.78. The van der Waals surface area contributed by atoms with E-state index < -0.39 is 0 Å². The zero-order chi connectivity index (χ0) is 16.1. The van der Waals surface area contributed by atoms with Crippen LogP contribution in [-0.2, 0) is 11.2 Å². The molecule has 0 aliphatic carbocycles. The van der Waals surface area contributed by atoms with Crippen LogP contribution in [0.5, 0.6) is 5.75 Å². The minimum atomic E-state index is -0.257. The molecule has 2 rings (SSSR count). The lowest BCUT2D eigenvalue weighted by Gasteiger charge is -2.03. The van der Waals surface area contributed by atoms with Gasteiger partial charge in [-0.1, -0.05) is 53.0 Å². The number of halogens is 2. The summed E-state index contributed by atoms with van der Waals surface area (Å²) >= 11 is 11.6. The largest absolute Gasteiger partial charge is 0.506 e. The van der Waals surface area contributed by atoms with Crippen LogP contribution in [0.15, 0.2) is 41.5 Å². The third-order valence-corrected chi connectivity index (χ3v) is 3.44. The van der Waals surface area contributed by atoms with Crippen LogP contribution < -0.4 is 5.43 Å². The van der Waals surface area contributed by atoms with Gasteiger partial charge in [0.1, 0.15) is 5.75 Å². The zero-order valence-electron chi connectivity index (χ0n) is 11.8. The summed E-state index contributed by atoms with van der Waals surface area (Å²) in [5.41, 5.74) is 4.75. The minimum Gasteiger partial charge on any atom is -0.506 e. The standard InChI is InChI=1S/C16H14Cl2N2O2/c1-10-2-4-11(5-3-10)6-15(21)20-19-9-12-7-13(17)8-14(18)16(12)22/h2-5,7-9,22H,6H2,1H3,(H,20,21)/b19-9+. The van der Waals surface area contributed by atoms with Crippen molar-refractivity contribution in [1.29, 1.82) is 0 Å². The minimum absolute atomic E-state index is 0.125. The fraction of sp³-hybridized carbons (Fsp3) is 0.125. The van der Waals surface area contributed by atoms with E-state index in [4.69, 9.17) is 23.2 Å². The predicted molar refractivity (Wildman–Crippen MR) is 88.7 cm³/mol. The SMILES string of the molecule is Cc1ccc(CC(=O)N/N=C/c2cc(Cl)cc(Cl)c2O)cc1. The lowest BCUT2D eigenvalue weighted by Crippen LogP contribution is -2.19. The fourth-order valence-corrected chi connectivity index (χ4v) is 2.30. The van der Waals surface area contributed by atoms with Crippen molar-refractivity contribution in [2.24, 2.45) is 5.10 Å².